The van der Waals surface area contributed by atoms with Crippen LogP contribution in [-0.2, 0) is 13.0 Å². The van der Waals surface area contributed by atoms with Gasteiger partial charge in [-0.15, -0.1) is 0 Å². The fourth-order valence-corrected chi connectivity index (χ4v) is 2.72. The van der Waals surface area contributed by atoms with Crippen LogP contribution in [0.15, 0.2) is 24.3 Å². The highest BCUT2D eigenvalue weighted by atomic mass is 35.5. The topological polar surface area (TPSA) is 41.9 Å². The second-order valence-corrected chi connectivity index (χ2v) is 6.34. The Kier molecular flexibility index (Phi) is 6.69. The van der Waals surface area contributed by atoms with Crippen molar-refractivity contribution in [1.82, 2.24) is 15.1 Å². The third kappa shape index (κ3) is 5.09. The Hall–Kier alpha value is -1.30. The zero-order valence-corrected chi connectivity index (χ0v) is 15.5. The molecule has 2 N–H and O–H groups in total. The summed E-state index contributed by atoms with van der Waals surface area (Å²) < 4.78 is 1.71. The van der Waals surface area contributed by atoms with Crippen LogP contribution in [-0.4, -0.2) is 21.4 Å². The molecule has 0 saturated heterocycles. The monoisotopic (exact) mass is 370 g/mol. The minimum Gasteiger partial charge on any atom is -0.362 e. The first kappa shape index (κ1) is 18.0. The van der Waals surface area contributed by atoms with Crippen molar-refractivity contribution < 1.29 is 0 Å². The van der Waals surface area contributed by atoms with Crippen LogP contribution in [0.5, 0.6) is 0 Å². The van der Waals surface area contributed by atoms with E-state index in [4.69, 9.17) is 35.4 Å². The lowest BCUT2D eigenvalue weighted by atomic mass is 10.1. The molecular weight excluding hydrogens is 351 g/mol. The lowest BCUT2D eigenvalue weighted by molar-refractivity contribution is 0.571. The highest BCUT2D eigenvalue weighted by Gasteiger charge is 2.10. The van der Waals surface area contributed by atoms with Crippen LogP contribution >= 0.6 is 35.4 Å². The molecule has 4 nitrogen and oxygen atoms in total. The van der Waals surface area contributed by atoms with Crippen LogP contribution in [0.1, 0.15) is 24.6 Å². The number of nitrogens with zero attached hydrogens (tertiary/aromatic N) is 2. The molecule has 0 amide bonds. The molecule has 0 atom stereocenters. The number of nitrogens with one attached hydrogen (secondary N) is 2. The molecule has 0 spiro atoms. The molecule has 1 heterocycles. The van der Waals surface area contributed by atoms with Gasteiger partial charge >= 0.3 is 0 Å². The molecule has 0 saturated carbocycles. The normalized spacial score (nSPS) is 10.6. The molecule has 0 radical (unpaired) electrons. The van der Waals surface area contributed by atoms with E-state index in [-0.39, 0.29) is 0 Å². The molecule has 0 bridgehead atoms. The van der Waals surface area contributed by atoms with Crippen LogP contribution in [0.3, 0.4) is 0 Å². The maximum atomic E-state index is 6.10. The number of hydrogen-bond donors (Lipinski definition) is 2. The lowest BCUT2D eigenvalue weighted by Crippen LogP contribution is -2.29. The summed E-state index contributed by atoms with van der Waals surface area (Å²) in [7, 11) is 0. The van der Waals surface area contributed by atoms with E-state index < -0.39 is 0 Å². The number of benzene rings is 1. The molecule has 7 heteroatoms. The van der Waals surface area contributed by atoms with Gasteiger partial charge in [0, 0.05) is 18.8 Å². The molecule has 23 heavy (non-hydrogen) atoms. The summed E-state index contributed by atoms with van der Waals surface area (Å²) in [4.78, 5) is 0. The quantitative estimate of drug-likeness (QED) is 0.582. The molecule has 0 fully saturated rings. The number of aryl methyl sites for hydroxylation is 3. The van der Waals surface area contributed by atoms with Crippen molar-refractivity contribution in [3.05, 3.63) is 45.7 Å². The van der Waals surface area contributed by atoms with Crippen LogP contribution in [0.4, 0.5) is 5.69 Å². The Bertz CT molecular complexity index is 667. The first-order valence-corrected chi connectivity index (χ1v) is 8.70. The van der Waals surface area contributed by atoms with Gasteiger partial charge in [-0.05, 0) is 49.7 Å². The molecule has 2 aromatic rings. The molecule has 0 aliphatic rings. The predicted molar refractivity (Wildman–Crippen MR) is 102 cm³/mol. The van der Waals surface area contributed by atoms with Crippen LogP contribution < -0.4 is 10.6 Å². The van der Waals surface area contributed by atoms with Gasteiger partial charge in [0.1, 0.15) is 10.2 Å². The predicted octanol–water partition coefficient (Wildman–Crippen LogP) is 4.44. The zero-order chi connectivity index (χ0) is 16.8. The summed E-state index contributed by atoms with van der Waals surface area (Å²) in [6.45, 7) is 5.39. The fraction of sp³-hybridized carbons (Fsp3) is 0.375. The second kappa shape index (κ2) is 8.52. The van der Waals surface area contributed by atoms with Gasteiger partial charge in [0.15, 0.2) is 5.11 Å². The minimum atomic E-state index is 0.487. The largest absolute Gasteiger partial charge is 0.362 e. The smallest absolute Gasteiger partial charge is 0.170 e. The number of hydrogen-bond acceptors (Lipinski definition) is 2. The Morgan fingerprint density at radius 3 is 2.52 bits per heavy atom. The van der Waals surface area contributed by atoms with Crippen molar-refractivity contribution in [3.63, 3.8) is 0 Å². The molecule has 0 aliphatic carbocycles. The summed E-state index contributed by atoms with van der Waals surface area (Å²) >= 11 is 17.4. The summed E-state index contributed by atoms with van der Waals surface area (Å²) in [6.07, 6.45) is 1.87. The highest BCUT2D eigenvalue weighted by Crippen LogP contribution is 2.24. The van der Waals surface area contributed by atoms with Gasteiger partial charge in [-0.3, -0.25) is 4.68 Å². The summed E-state index contributed by atoms with van der Waals surface area (Å²) in [5, 5.41) is 12.2. The number of anilines is 1. The molecule has 124 valence electrons. The van der Waals surface area contributed by atoms with E-state index in [0.717, 1.165) is 30.8 Å². The molecule has 1 aromatic heterocycles. The van der Waals surface area contributed by atoms with Crippen LogP contribution in [0.25, 0.3) is 0 Å². The van der Waals surface area contributed by atoms with Gasteiger partial charge in [0.25, 0.3) is 0 Å². The number of halogens is 2. The summed E-state index contributed by atoms with van der Waals surface area (Å²) in [5.41, 5.74) is 3.04. The first-order chi connectivity index (χ1) is 11.0. The maximum absolute atomic E-state index is 6.10. The number of rotatable bonds is 6. The van der Waals surface area contributed by atoms with E-state index in [1.807, 2.05) is 19.1 Å². The molecular formula is C16H20Cl2N4S. The lowest BCUT2D eigenvalue weighted by Gasteiger charge is -2.11. The molecule has 1 aromatic carbocycles. The van der Waals surface area contributed by atoms with Gasteiger partial charge in [0.2, 0.25) is 0 Å². The summed E-state index contributed by atoms with van der Waals surface area (Å²) in [5.74, 6) is 0. The Labute approximate surface area is 152 Å². The third-order valence-electron chi connectivity index (χ3n) is 3.45. The standard InChI is InChI=1S/C16H20Cl2N4S/c1-3-12-5-7-13(8-6-12)20-16(23)19-9-4-10-22-15(18)14(17)11(2)21-22/h5-8H,3-4,9-10H2,1-2H3,(H2,19,20,23). The Morgan fingerprint density at radius 2 is 1.96 bits per heavy atom. The van der Waals surface area contributed by atoms with Crippen molar-refractivity contribution in [1.29, 1.82) is 0 Å². The summed E-state index contributed by atoms with van der Waals surface area (Å²) in [6, 6.07) is 8.25. The molecule has 0 aliphatic heterocycles. The van der Waals surface area contributed by atoms with E-state index in [1.165, 1.54) is 5.56 Å². The maximum Gasteiger partial charge on any atom is 0.170 e. The fourth-order valence-electron chi connectivity index (χ4n) is 2.11. The van der Waals surface area contributed by atoms with E-state index in [0.29, 0.717) is 21.8 Å². The zero-order valence-electron chi connectivity index (χ0n) is 13.2. The second-order valence-electron chi connectivity index (χ2n) is 5.20. The van der Waals surface area contributed by atoms with Crippen molar-refractivity contribution in [2.24, 2.45) is 0 Å². The van der Waals surface area contributed by atoms with Crippen molar-refractivity contribution in [2.75, 3.05) is 11.9 Å². The number of aromatic nitrogens is 2. The van der Waals surface area contributed by atoms with E-state index in [1.54, 1.807) is 4.68 Å². The Balaban J connectivity index is 1.73. The van der Waals surface area contributed by atoms with E-state index >= 15 is 0 Å². The average molecular weight is 371 g/mol. The minimum absolute atomic E-state index is 0.487. The third-order valence-corrected chi connectivity index (χ3v) is 4.63. The van der Waals surface area contributed by atoms with E-state index in [2.05, 4.69) is 34.8 Å². The van der Waals surface area contributed by atoms with Gasteiger partial charge in [-0.25, -0.2) is 0 Å². The van der Waals surface area contributed by atoms with Gasteiger partial charge < -0.3 is 10.6 Å². The van der Waals surface area contributed by atoms with Crippen molar-refractivity contribution >= 4 is 46.2 Å². The van der Waals surface area contributed by atoms with E-state index in [9.17, 15) is 0 Å². The van der Waals surface area contributed by atoms with Gasteiger partial charge in [-0.2, -0.15) is 5.10 Å². The SMILES string of the molecule is CCc1ccc(NC(=S)NCCCn2nc(C)c(Cl)c2Cl)cc1. The van der Waals surface area contributed by atoms with Crippen LogP contribution in [0.2, 0.25) is 10.2 Å². The number of thiocarbonyl (C=S) groups is 1. The molecule has 2 rings (SSSR count). The van der Waals surface area contributed by atoms with Crippen LogP contribution in [0, 0.1) is 6.92 Å². The van der Waals surface area contributed by atoms with Gasteiger partial charge in [-0.1, -0.05) is 42.3 Å². The highest BCUT2D eigenvalue weighted by molar-refractivity contribution is 7.80. The van der Waals surface area contributed by atoms with Gasteiger partial charge in [0.05, 0.1) is 5.69 Å². The first-order valence-electron chi connectivity index (χ1n) is 7.53. The van der Waals surface area contributed by atoms with Crippen molar-refractivity contribution in [3.8, 4) is 0 Å². The van der Waals surface area contributed by atoms with Crippen molar-refractivity contribution in [2.45, 2.75) is 33.2 Å². The average Bonchev–Trinajstić information content (AvgIpc) is 2.79. The Morgan fingerprint density at radius 1 is 1.26 bits per heavy atom. The molecule has 0 unspecified atom stereocenters.